The van der Waals surface area contributed by atoms with Crippen LogP contribution in [0.1, 0.15) is 52.9 Å². The Kier molecular flexibility index (Phi) is 4.48. The first-order valence-corrected chi connectivity index (χ1v) is 7.45. The normalized spacial score (nSPS) is 36.2. The summed E-state index contributed by atoms with van der Waals surface area (Å²) >= 11 is 0. The molecule has 0 radical (unpaired) electrons. The van der Waals surface area contributed by atoms with E-state index in [1.807, 2.05) is 0 Å². The average Bonchev–Trinajstić information content (AvgIpc) is 3.09. The van der Waals surface area contributed by atoms with Gasteiger partial charge in [-0.15, -0.1) is 0 Å². The number of hydrogen-bond donors (Lipinski definition) is 1. The molecule has 17 heavy (non-hydrogen) atoms. The molecule has 0 heterocycles. The van der Waals surface area contributed by atoms with E-state index in [4.69, 9.17) is 10.5 Å². The lowest BCUT2D eigenvalue weighted by Crippen LogP contribution is -2.38. The fourth-order valence-electron chi connectivity index (χ4n) is 3.20. The summed E-state index contributed by atoms with van der Waals surface area (Å²) in [5, 5.41) is 0. The fraction of sp³-hybridized carbons (Fsp3) is 1.00. The third kappa shape index (κ3) is 3.69. The molecule has 2 fully saturated rings. The number of nitrogens with two attached hydrogens (primary N) is 1. The Morgan fingerprint density at radius 2 is 1.88 bits per heavy atom. The lowest BCUT2D eigenvalue weighted by Gasteiger charge is -2.37. The molecule has 0 bridgehead atoms. The summed E-state index contributed by atoms with van der Waals surface area (Å²) in [6.07, 6.45) is 7.04. The highest BCUT2D eigenvalue weighted by Crippen LogP contribution is 2.36. The minimum atomic E-state index is 0.292. The molecule has 0 saturated heterocycles. The van der Waals surface area contributed by atoms with Crippen molar-refractivity contribution in [1.82, 2.24) is 0 Å². The van der Waals surface area contributed by atoms with Crippen molar-refractivity contribution < 1.29 is 4.74 Å². The van der Waals surface area contributed by atoms with E-state index in [-0.39, 0.29) is 0 Å². The second kappa shape index (κ2) is 5.71. The number of rotatable bonds is 5. The molecule has 2 saturated carbocycles. The molecule has 0 aromatic rings. The first-order valence-electron chi connectivity index (χ1n) is 7.45. The van der Waals surface area contributed by atoms with E-state index in [1.165, 1.54) is 32.1 Å². The molecule has 2 aliphatic rings. The molecule has 0 amide bonds. The summed E-state index contributed by atoms with van der Waals surface area (Å²) in [5.41, 5.74) is 6.13. The van der Waals surface area contributed by atoms with Gasteiger partial charge in [0.15, 0.2) is 0 Å². The van der Waals surface area contributed by atoms with Crippen LogP contribution in [0.4, 0.5) is 0 Å². The highest BCUT2D eigenvalue weighted by atomic mass is 16.5. The third-order valence-corrected chi connectivity index (χ3v) is 4.69. The number of hydrogen-bond acceptors (Lipinski definition) is 2. The van der Waals surface area contributed by atoms with Crippen LogP contribution in [-0.4, -0.2) is 18.8 Å². The molecular formula is C15H29NO. The first-order chi connectivity index (χ1) is 8.08. The Bertz CT molecular complexity index is 237. The van der Waals surface area contributed by atoms with Gasteiger partial charge in [0.1, 0.15) is 0 Å². The second-order valence-corrected chi connectivity index (χ2v) is 6.70. The summed E-state index contributed by atoms with van der Waals surface area (Å²) in [4.78, 5) is 0. The largest absolute Gasteiger partial charge is 0.376 e. The molecule has 0 spiro atoms. The van der Waals surface area contributed by atoms with E-state index >= 15 is 0 Å². The Balaban J connectivity index is 1.81. The summed E-state index contributed by atoms with van der Waals surface area (Å²) in [6, 6.07) is 0.292. The Labute approximate surface area is 106 Å². The van der Waals surface area contributed by atoms with Crippen molar-refractivity contribution in [3.8, 4) is 0 Å². The van der Waals surface area contributed by atoms with Crippen molar-refractivity contribution in [2.24, 2.45) is 29.4 Å². The van der Waals surface area contributed by atoms with E-state index < -0.39 is 0 Å². The molecule has 2 heteroatoms. The van der Waals surface area contributed by atoms with Crippen LogP contribution in [0.2, 0.25) is 0 Å². The molecule has 2 rings (SSSR count). The lowest BCUT2D eigenvalue weighted by molar-refractivity contribution is -0.0444. The minimum Gasteiger partial charge on any atom is -0.376 e. The van der Waals surface area contributed by atoms with Gasteiger partial charge in [0.25, 0.3) is 0 Å². The third-order valence-electron chi connectivity index (χ3n) is 4.69. The molecule has 2 nitrogen and oxygen atoms in total. The van der Waals surface area contributed by atoms with Crippen molar-refractivity contribution in [2.75, 3.05) is 6.61 Å². The van der Waals surface area contributed by atoms with Crippen LogP contribution in [0.15, 0.2) is 0 Å². The standard InChI is InChI=1S/C15H29NO/c1-10(2)13-7-4-11(3)8-15(13)17-9-14(16)12-5-6-12/h10-15H,4-9,16H2,1-3H3. The molecular weight excluding hydrogens is 210 g/mol. The molecule has 100 valence electrons. The maximum absolute atomic E-state index is 6.17. The van der Waals surface area contributed by atoms with Crippen LogP contribution in [0.3, 0.4) is 0 Å². The van der Waals surface area contributed by atoms with Crippen molar-refractivity contribution in [3.05, 3.63) is 0 Å². The highest BCUT2D eigenvalue weighted by Gasteiger charge is 2.33. The van der Waals surface area contributed by atoms with Crippen LogP contribution in [-0.2, 0) is 4.74 Å². The Hall–Kier alpha value is -0.0800. The topological polar surface area (TPSA) is 35.2 Å². The molecule has 0 aromatic heterocycles. The van der Waals surface area contributed by atoms with Crippen LogP contribution in [0.25, 0.3) is 0 Å². The van der Waals surface area contributed by atoms with Gasteiger partial charge in [-0.3, -0.25) is 0 Å². The van der Waals surface area contributed by atoms with Crippen molar-refractivity contribution in [2.45, 2.75) is 65.0 Å². The van der Waals surface area contributed by atoms with Crippen LogP contribution in [0, 0.1) is 23.7 Å². The van der Waals surface area contributed by atoms with Gasteiger partial charge in [-0.25, -0.2) is 0 Å². The summed E-state index contributed by atoms with van der Waals surface area (Å²) < 4.78 is 6.17. The van der Waals surface area contributed by atoms with Crippen LogP contribution >= 0.6 is 0 Å². The quantitative estimate of drug-likeness (QED) is 0.799. The molecule has 2 aliphatic carbocycles. The van der Waals surface area contributed by atoms with Crippen LogP contribution in [0.5, 0.6) is 0 Å². The highest BCUT2D eigenvalue weighted by molar-refractivity contribution is 4.86. The van der Waals surface area contributed by atoms with Gasteiger partial charge >= 0.3 is 0 Å². The van der Waals surface area contributed by atoms with E-state index in [2.05, 4.69) is 20.8 Å². The van der Waals surface area contributed by atoms with Gasteiger partial charge in [-0.1, -0.05) is 27.2 Å². The van der Waals surface area contributed by atoms with E-state index in [1.54, 1.807) is 0 Å². The SMILES string of the molecule is CC1CCC(C(C)C)C(OCC(N)C2CC2)C1. The zero-order chi connectivity index (χ0) is 12.4. The van der Waals surface area contributed by atoms with Gasteiger partial charge in [0, 0.05) is 6.04 Å². The number of ether oxygens (including phenoxy) is 1. The van der Waals surface area contributed by atoms with E-state index in [9.17, 15) is 0 Å². The van der Waals surface area contributed by atoms with Gasteiger partial charge < -0.3 is 10.5 Å². The van der Waals surface area contributed by atoms with Gasteiger partial charge in [0.2, 0.25) is 0 Å². The molecule has 4 unspecified atom stereocenters. The molecule has 2 N–H and O–H groups in total. The van der Waals surface area contributed by atoms with Crippen molar-refractivity contribution >= 4 is 0 Å². The predicted octanol–water partition coefficient (Wildman–Crippen LogP) is 3.20. The minimum absolute atomic E-state index is 0.292. The molecule has 0 aromatic carbocycles. The lowest BCUT2D eigenvalue weighted by atomic mass is 9.75. The van der Waals surface area contributed by atoms with Gasteiger partial charge in [0.05, 0.1) is 12.7 Å². The van der Waals surface area contributed by atoms with Crippen molar-refractivity contribution in [1.29, 1.82) is 0 Å². The molecule has 0 aliphatic heterocycles. The summed E-state index contributed by atoms with van der Waals surface area (Å²) in [5.74, 6) is 3.07. The zero-order valence-corrected chi connectivity index (χ0v) is 11.7. The smallest absolute Gasteiger partial charge is 0.0624 e. The molecule has 4 atom stereocenters. The first kappa shape index (κ1) is 13.4. The Morgan fingerprint density at radius 1 is 1.18 bits per heavy atom. The average molecular weight is 239 g/mol. The van der Waals surface area contributed by atoms with Gasteiger partial charge in [-0.2, -0.15) is 0 Å². The summed E-state index contributed by atoms with van der Waals surface area (Å²) in [7, 11) is 0. The van der Waals surface area contributed by atoms with E-state index in [0.717, 1.165) is 30.3 Å². The maximum atomic E-state index is 6.17. The summed E-state index contributed by atoms with van der Waals surface area (Å²) in [6.45, 7) is 7.80. The van der Waals surface area contributed by atoms with Crippen LogP contribution < -0.4 is 5.73 Å². The fourth-order valence-corrected chi connectivity index (χ4v) is 3.20. The van der Waals surface area contributed by atoms with Gasteiger partial charge in [-0.05, 0) is 49.4 Å². The zero-order valence-electron chi connectivity index (χ0n) is 11.7. The van der Waals surface area contributed by atoms with Crippen molar-refractivity contribution in [3.63, 3.8) is 0 Å². The predicted molar refractivity (Wildman–Crippen MR) is 71.8 cm³/mol. The monoisotopic (exact) mass is 239 g/mol. The second-order valence-electron chi connectivity index (χ2n) is 6.70. The van der Waals surface area contributed by atoms with E-state index in [0.29, 0.717) is 12.1 Å². The maximum Gasteiger partial charge on any atom is 0.0624 e. The Morgan fingerprint density at radius 3 is 2.47 bits per heavy atom.